The molecule has 0 aliphatic carbocycles. The van der Waals surface area contributed by atoms with Gasteiger partial charge in [0.2, 0.25) is 17.7 Å². The van der Waals surface area contributed by atoms with E-state index in [0.29, 0.717) is 6.42 Å². The van der Waals surface area contributed by atoms with Gasteiger partial charge in [-0.05, 0) is 35.2 Å². The molecule has 0 fully saturated rings. The van der Waals surface area contributed by atoms with Gasteiger partial charge in [0, 0.05) is 32.2 Å². The van der Waals surface area contributed by atoms with Gasteiger partial charge in [0.05, 0.1) is 0 Å². The molecule has 3 amide bonds. The average molecular weight is 548 g/mol. The Kier molecular flexibility index (Phi) is 11.1. The Morgan fingerprint density at radius 2 is 1.23 bits per heavy atom. The van der Waals surface area contributed by atoms with Crippen LogP contribution >= 0.6 is 0 Å². The third-order valence-electron chi connectivity index (χ3n) is 6.19. The topological polar surface area (TPSA) is 165 Å². The zero-order valence-corrected chi connectivity index (χ0v) is 21.9. The fourth-order valence-corrected chi connectivity index (χ4v) is 4.03. The van der Waals surface area contributed by atoms with Crippen LogP contribution in [0.4, 0.5) is 0 Å². The minimum atomic E-state index is -1.19. The second-order valence-electron chi connectivity index (χ2n) is 9.32. The molecule has 40 heavy (non-hydrogen) atoms. The van der Waals surface area contributed by atoms with Gasteiger partial charge < -0.3 is 31.3 Å². The van der Waals surface area contributed by atoms with Crippen LogP contribution in [-0.2, 0) is 38.4 Å². The summed E-state index contributed by atoms with van der Waals surface area (Å²) in [6.45, 7) is 0.266. The van der Waals surface area contributed by atoms with Gasteiger partial charge in [0.1, 0.15) is 12.1 Å². The third kappa shape index (κ3) is 9.79. The maximum absolute atomic E-state index is 13.1. The van der Waals surface area contributed by atoms with Gasteiger partial charge in [-0.2, -0.15) is 0 Å². The molecule has 0 aliphatic heterocycles. The van der Waals surface area contributed by atoms with Crippen LogP contribution in [0.2, 0.25) is 0 Å². The van der Waals surface area contributed by atoms with Gasteiger partial charge in [-0.3, -0.25) is 14.4 Å². The predicted molar refractivity (Wildman–Crippen MR) is 148 cm³/mol. The van der Waals surface area contributed by atoms with Gasteiger partial charge in [0.25, 0.3) is 0 Å². The molecule has 0 heterocycles. The summed E-state index contributed by atoms with van der Waals surface area (Å²) in [6, 6.07) is 20.1. The van der Waals surface area contributed by atoms with Crippen LogP contribution < -0.4 is 16.0 Å². The molecule has 0 radical (unpaired) electrons. The number of nitrogens with one attached hydrogen (secondary N) is 3. The number of rotatable bonds is 14. The van der Waals surface area contributed by atoms with Crippen molar-refractivity contribution >= 4 is 23.7 Å². The second kappa shape index (κ2) is 14.9. The lowest BCUT2D eigenvalue weighted by Gasteiger charge is -2.22. The summed E-state index contributed by atoms with van der Waals surface area (Å²) < 4.78 is 0. The van der Waals surface area contributed by atoms with Crippen molar-refractivity contribution in [1.82, 2.24) is 16.0 Å². The highest BCUT2D eigenvalue weighted by Crippen LogP contribution is 2.24. The zero-order chi connectivity index (χ0) is 28.9. The summed E-state index contributed by atoms with van der Waals surface area (Å²) >= 11 is 0. The summed E-state index contributed by atoms with van der Waals surface area (Å²) in [5, 5.41) is 36.5. The Balaban J connectivity index is 1.55. The van der Waals surface area contributed by atoms with Crippen LogP contribution in [0.25, 0.3) is 0 Å². The number of aromatic hydroxyl groups is 2. The normalized spacial score (nSPS) is 12.1. The molecule has 0 saturated carbocycles. The molecular formula is C30H33N3O7. The van der Waals surface area contributed by atoms with E-state index in [-0.39, 0.29) is 49.6 Å². The van der Waals surface area contributed by atoms with Crippen LogP contribution in [0.15, 0.2) is 78.9 Å². The molecular weight excluding hydrogens is 514 g/mol. The van der Waals surface area contributed by atoms with Gasteiger partial charge >= 0.3 is 5.97 Å². The molecule has 3 aromatic rings. The standard InChI is InChI=1S/C30H33N3O7/c34-25-12-11-22(19-26(25)35)15-16-31-27(36)13-14-28(37)32-23(17-20-7-3-1-4-8-20)29(38)33-24(30(39)40)18-21-9-5-2-6-10-21/h1-12,19,23-24,34-35H,13-18H2,(H,31,36)(H,32,37)(H,33,38)(H,39,40)/t23-,24-/m0/s1. The first-order valence-electron chi connectivity index (χ1n) is 12.9. The summed E-state index contributed by atoms with van der Waals surface area (Å²) in [7, 11) is 0. The van der Waals surface area contributed by atoms with Crippen molar-refractivity contribution in [3.05, 3.63) is 95.6 Å². The fraction of sp³-hybridized carbons (Fsp3) is 0.267. The number of benzene rings is 3. The van der Waals surface area contributed by atoms with E-state index in [1.807, 2.05) is 12.1 Å². The number of amides is 3. The lowest BCUT2D eigenvalue weighted by molar-refractivity contribution is -0.142. The zero-order valence-electron chi connectivity index (χ0n) is 21.9. The Morgan fingerprint density at radius 1 is 0.650 bits per heavy atom. The predicted octanol–water partition coefficient (Wildman–Crippen LogP) is 2.08. The summed E-state index contributed by atoms with van der Waals surface area (Å²) in [6.07, 6.45) is 0.354. The van der Waals surface area contributed by atoms with E-state index in [2.05, 4.69) is 16.0 Å². The number of carboxylic acids is 1. The molecule has 0 aliphatic rings. The maximum Gasteiger partial charge on any atom is 0.326 e. The molecule has 10 nitrogen and oxygen atoms in total. The Hall–Kier alpha value is -4.86. The highest BCUT2D eigenvalue weighted by Gasteiger charge is 2.27. The molecule has 0 saturated heterocycles. The Morgan fingerprint density at radius 3 is 1.80 bits per heavy atom. The van der Waals surface area contributed by atoms with Crippen molar-refractivity contribution in [3.63, 3.8) is 0 Å². The first-order chi connectivity index (χ1) is 19.2. The van der Waals surface area contributed by atoms with Crippen molar-refractivity contribution in [2.45, 2.75) is 44.2 Å². The number of aliphatic carboxylic acids is 1. The van der Waals surface area contributed by atoms with Crippen molar-refractivity contribution in [2.75, 3.05) is 6.54 Å². The van der Waals surface area contributed by atoms with Crippen molar-refractivity contribution in [3.8, 4) is 11.5 Å². The molecule has 3 aromatic carbocycles. The lowest BCUT2D eigenvalue weighted by atomic mass is 10.0. The monoisotopic (exact) mass is 547 g/mol. The van der Waals surface area contributed by atoms with Gasteiger partial charge in [-0.1, -0.05) is 66.7 Å². The van der Waals surface area contributed by atoms with Crippen LogP contribution in [0, 0.1) is 0 Å². The van der Waals surface area contributed by atoms with E-state index >= 15 is 0 Å². The van der Waals surface area contributed by atoms with Crippen molar-refractivity contribution < 1.29 is 34.5 Å². The molecule has 3 rings (SSSR count). The van der Waals surface area contributed by atoms with Crippen molar-refractivity contribution in [1.29, 1.82) is 0 Å². The number of carbonyl (C=O) groups is 4. The minimum Gasteiger partial charge on any atom is -0.504 e. The van der Waals surface area contributed by atoms with Crippen molar-refractivity contribution in [2.24, 2.45) is 0 Å². The largest absolute Gasteiger partial charge is 0.504 e. The summed E-state index contributed by atoms with van der Waals surface area (Å²) in [4.78, 5) is 49.9. The van der Waals surface area contributed by atoms with Gasteiger partial charge in [-0.15, -0.1) is 0 Å². The number of phenols is 2. The minimum absolute atomic E-state index is 0.0812. The second-order valence-corrected chi connectivity index (χ2v) is 9.32. The van der Waals surface area contributed by atoms with E-state index in [1.165, 1.54) is 12.1 Å². The van der Waals surface area contributed by atoms with E-state index in [4.69, 9.17) is 0 Å². The molecule has 0 bridgehead atoms. The summed E-state index contributed by atoms with van der Waals surface area (Å²) in [5.74, 6) is -3.19. The molecule has 2 atom stereocenters. The number of carboxylic acid groups (broad SMARTS) is 1. The van der Waals surface area contributed by atoms with Crippen LogP contribution in [0.5, 0.6) is 11.5 Å². The van der Waals surface area contributed by atoms with Crippen LogP contribution in [-0.4, -0.2) is 57.6 Å². The smallest absolute Gasteiger partial charge is 0.326 e. The fourth-order valence-electron chi connectivity index (χ4n) is 4.03. The molecule has 0 aromatic heterocycles. The number of hydrogen-bond donors (Lipinski definition) is 6. The number of phenolic OH excluding ortho intramolecular Hbond substituents is 2. The Bertz CT molecular complexity index is 1300. The molecule has 0 spiro atoms. The third-order valence-corrected chi connectivity index (χ3v) is 6.19. The van der Waals surface area contributed by atoms with Gasteiger partial charge in [-0.25, -0.2) is 4.79 Å². The Labute approximate surface area is 232 Å². The first kappa shape index (κ1) is 29.7. The van der Waals surface area contributed by atoms with Crippen LogP contribution in [0.3, 0.4) is 0 Å². The SMILES string of the molecule is O=C(CCC(=O)N[C@@H](Cc1ccccc1)C(=O)N[C@@H](Cc1ccccc1)C(=O)O)NCCc1ccc(O)c(O)c1. The molecule has 10 heteroatoms. The number of hydrogen-bond acceptors (Lipinski definition) is 6. The van der Waals surface area contributed by atoms with E-state index < -0.39 is 29.9 Å². The van der Waals surface area contributed by atoms with E-state index in [1.54, 1.807) is 54.6 Å². The highest BCUT2D eigenvalue weighted by atomic mass is 16.4. The number of carbonyl (C=O) groups excluding carboxylic acids is 3. The average Bonchev–Trinajstić information content (AvgIpc) is 2.94. The summed E-state index contributed by atoms with van der Waals surface area (Å²) in [5.41, 5.74) is 2.23. The molecule has 210 valence electrons. The first-order valence-corrected chi connectivity index (χ1v) is 12.9. The highest BCUT2D eigenvalue weighted by molar-refractivity contribution is 5.91. The molecule has 6 N–H and O–H groups in total. The van der Waals surface area contributed by atoms with E-state index in [9.17, 15) is 34.5 Å². The van der Waals surface area contributed by atoms with E-state index in [0.717, 1.165) is 16.7 Å². The van der Waals surface area contributed by atoms with Crippen LogP contribution in [0.1, 0.15) is 29.5 Å². The lowest BCUT2D eigenvalue weighted by Crippen LogP contribution is -2.53. The van der Waals surface area contributed by atoms with Gasteiger partial charge in [0.15, 0.2) is 11.5 Å². The quantitative estimate of drug-likeness (QED) is 0.168. The molecule has 0 unspecified atom stereocenters. The maximum atomic E-state index is 13.1.